The summed E-state index contributed by atoms with van der Waals surface area (Å²) >= 11 is -1.33. The van der Waals surface area contributed by atoms with Crippen LogP contribution in [0.1, 0.15) is 18.1 Å². The van der Waals surface area contributed by atoms with Gasteiger partial charge in [0.05, 0.1) is 0 Å². The number of fused-ring (bicyclic) bond motifs is 3. The fraction of sp³-hybridized carbons (Fsp3) is 0.250. The number of ether oxygens (including phenoxy) is 1. The molecule has 2 unspecified atom stereocenters. The summed E-state index contributed by atoms with van der Waals surface area (Å²) in [6, 6.07) is 19.3. The third kappa shape index (κ3) is 1.96. The average Bonchev–Trinajstić information content (AvgIpc) is 2.58. The van der Waals surface area contributed by atoms with Crippen molar-refractivity contribution < 1.29 is 7.80 Å². The first kappa shape index (κ1) is 11.7. The molecular weight excluding hydrogens is 351 g/mol. The minimum atomic E-state index is -1.33. The SMILES string of the molecule is c1ccc(I2[OH+]C3c4ccccc4OCCC32)cc1. The molecule has 3 heteroatoms. The number of hydrogen-bond donors (Lipinski definition) is 0. The normalized spacial score (nSPS) is 26.4. The summed E-state index contributed by atoms with van der Waals surface area (Å²) < 4.78 is 13.2. The van der Waals surface area contributed by atoms with E-state index in [9.17, 15) is 0 Å². The number of rotatable bonds is 1. The number of halogens is 1. The molecule has 19 heavy (non-hydrogen) atoms. The van der Waals surface area contributed by atoms with Crippen LogP contribution in [0.2, 0.25) is 0 Å². The van der Waals surface area contributed by atoms with Crippen molar-refractivity contribution in [2.75, 3.05) is 6.61 Å². The van der Waals surface area contributed by atoms with Crippen LogP contribution in [0.15, 0.2) is 54.6 Å². The van der Waals surface area contributed by atoms with Gasteiger partial charge in [-0.3, -0.25) is 0 Å². The Morgan fingerprint density at radius 2 is 1.79 bits per heavy atom. The van der Waals surface area contributed by atoms with Gasteiger partial charge in [-0.25, -0.2) is 0 Å². The molecule has 1 N–H and O–H groups in total. The Bertz CT molecular complexity index is 584. The summed E-state index contributed by atoms with van der Waals surface area (Å²) in [7, 11) is 0. The van der Waals surface area contributed by atoms with Gasteiger partial charge in [-0.2, -0.15) is 0 Å². The quantitative estimate of drug-likeness (QED) is 0.428. The van der Waals surface area contributed by atoms with E-state index in [1.807, 2.05) is 6.07 Å². The summed E-state index contributed by atoms with van der Waals surface area (Å²) in [5.41, 5.74) is 1.30. The third-order valence-electron chi connectivity index (χ3n) is 3.66. The average molecular weight is 367 g/mol. The monoisotopic (exact) mass is 367 g/mol. The van der Waals surface area contributed by atoms with Crippen molar-refractivity contribution in [1.82, 2.24) is 0 Å². The summed E-state index contributed by atoms with van der Waals surface area (Å²) in [4.78, 5) is 0. The molecule has 1 fully saturated rings. The van der Waals surface area contributed by atoms with E-state index in [0.29, 0.717) is 6.10 Å². The standard InChI is InChI=1S/C16H15IO2/c1-2-6-12(7-3-1)17-14-10-11-18-15-9-5-4-8-13(15)16(14)19-17/h1-9,14,16H,10-11H2/p+1. The Kier molecular flexibility index (Phi) is 2.96. The molecule has 1 saturated heterocycles. The summed E-state index contributed by atoms with van der Waals surface area (Å²) in [6.07, 6.45) is 1.55. The van der Waals surface area contributed by atoms with E-state index in [0.717, 1.165) is 22.7 Å². The van der Waals surface area contributed by atoms with Crippen LogP contribution in [-0.4, -0.2) is 13.6 Å². The van der Waals surface area contributed by atoms with Crippen LogP contribution >= 0.6 is 20.2 Å². The molecule has 0 amide bonds. The van der Waals surface area contributed by atoms with Crippen LogP contribution in [0.25, 0.3) is 0 Å². The molecule has 0 bridgehead atoms. The molecule has 0 radical (unpaired) electrons. The fourth-order valence-electron chi connectivity index (χ4n) is 2.71. The van der Waals surface area contributed by atoms with E-state index >= 15 is 0 Å². The molecule has 0 aliphatic carbocycles. The van der Waals surface area contributed by atoms with Crippen molar-refractivity contribution in [3.8, 4) is 5.75 Å². The first-order chi connectivity index (χ1) is 9.43. The van der Waals surface area contributed by atoms with E-state index in [4.69, 9.17) is 7.80 Å². The topological polar surface area (TPSA) is 22.0 Å². The van der Waals surface area contributed by atoms with Gasteiger partial charge >= 0.3 is 121 Å². The van der Waals surface area contributed by atoms with Gasteiger partial charge in [0.15, 0.2) is 0 Å². The van der Waals surface area contributed by atoms with Crippen molar-refractivity contribution in [3.05, 3.63) is 63.7 Å². The molecule has 98 valence electrons. The first-order valence-electron chi connectivity index (χ1n) is 6.60. The van der Waals surface area contributed by atoms with Crippen LogP contribution in [0, 0.1) is 3.57 Å². The summed E-state index contributed by atoms with van der Waals surface area (Å²) in [5, 5.41) is 0. The zero-order valence-electron chi connectivity index (χ0n) is 10.5. The van der Waals surface area contributed by atoms with Gasteiger partial charge in [-0.15, -0.1) is 0 Å². The summed E-state index contributed by atoms with van der Waals surface area (Å²) in [5.74, 6) is 1.04. The molecule has 0 saturated carbocycles. The van der Waals surface area contributed by atoms with Gasteiger partial charge in [0.25, 0.3) is 0 Å². The van der Waals surface area contributed by atoms with E-state index < -0.39 is 20.2 Å². The molecule has 2 aliphatic rings. The van der Waals surface area contributed by atoms with Crippen molar-refractivity contribution in [3.63, 3.8) is 0 Å². The Morgan fingerprint density at radius 1 is 1.00 bits per heavy atom. The van der Waals surface area contributed by atoms with Crippen molar-refractivity contribution in [2.45, 2.75) is 16.4 Å². The third-order valence-corrected chi connectivity index (χ3v) is 9.68. The Balaban J connectivity index is 1.65. The second kappa shape index (κ2) is 4.80. The Hall–Kier alpha value is -1.07. The predicted octanol–water partition coefficient (Wildman–Crippen LogP) is 3.71. The van der Waals surface area contributed by atoms with Gasteiger partial charge in [0.2, 0.25) is 0 Å². The van der Waals surface area contributed by atoms with E-state index in [1.165, 1.54) is 9.13 Å². The summed E-state index contributed by atoms with van der Waals surface area (Å²) in [6.45, 7) is 0.842. The molecule has 2 heterocycles. The first-order valence-corrected chi connectivity index (χ1v) is 9.88. The predicted molar refractivity (Wildman–Crippen MR) is 84.5 cm³/mol. The van der Waals surface area contributed by atoms with E-state index in [-0.39, 0.29) is 0 Å². The number of alkyl halides is 1. The molecule has 2 atom stereocenters. The number of hydrogen-bond acceptors (Lipinski definition) is 1. The van der Waals surface area contributed by atoms with Gasteiger partial charge in [0, 0.05) is 0 Å². The van der Waals surface area contributed by atoms with Crippen molar-refractivity contribution in [2.24, 2.45) is 0 Å². The maximum absolute atomic E-state index is 5.88. The molecule has 0 aromatic heterocycles. The van der Waals surface area contributed by atoms with Crippen LogP contribution in [0.3, 0.4) is 0 Å². The Morgan fingerprint density at radius 3 is 2.68 bits per heavy atom. The zero-order chi connectivity index (χ0) is 12.7. The molecule has 2 aromatic rings. The molecule has 0 spiro atoms. The molecular formula is C16H16IO2+. The minimum absolute atomic E-state index is 0.393. The number of benzene rings is 2. The van der Waals surface area contributed by atoms with Gasteiger partial charge in [-0.05, 0) is 0 Å². The number of para-hydroxylation sites is 1. The molecule has 2 aliphatic heterocycles. The van der Waals surface area contributed by atoms with Gasteiger partial charge < -0.3 is 0 Å². The molecule has 4 rings (SSSR count). The van der Waals surface area contributed by atoms with Crippen molar-refractivity contribution >= 4 is 20.2 Å². The van der Waals surface area contributed by atoms with Crippen molar-refractivity contribution in [1.29, 1.82) is 0 Å². The van der Waals surface area contributed by atoms with E-state index in [2.05, 4.69) is 48.5 Å². The fourth-order valence-corrected chi connectivity index (χ4v) is 8.38. The van der Waals surface area contributed by atoms with Crippen LogP contribution in [-0.2, 0) is 0 Å². The molecule has 2 nitrogen and oxygen atoms in total. The van der Waals surface area contributed by atoms with Crippen LogP contribution < -0.4 is 4.74 Å². The Labute approximate surface area is 120 Å². The second-order valence-electron chi connectivity index (χ2n) is 4.82. The molecule has 2 aromatic carbocycles. The van der Waals surface area contributed by atoms with Crippen LogP contribution in [0.4, 0.5) is 0 Å². The van der Waals surface area contributed by atoms with Gasteiger partial charge in [-0.1, -0.05) is 0 Å². The maximum atomic E-state index is 5.88. The van der Waals surface area contributed by atoms with E-state index in [1.54, 1.807) is 0 Å². The second-order valence-corrected chi connectivity index (χ2v) is 9.89. The van der Waals surface area contributed by atoms with Crippen LogP contribution in [0.5, 0.6) is 5.75 Å². The van der Waals surface area contributed by atoms with Gasteiger partial charge in [0.1, 0.15) is 0 Å². The number of aliphatic hydroxyl groups is 1. The zero-order valence-corrected chi connectivity index (χ0v) is 12.7.